The fourth-order valence-electron chi connectivity index (χ4n) is 3.20. The number of rotatable bonds is 4. The molecule has 0 atom stereocenters. The standard InChI is InChI=1S/C15H28N4O2.ClH/c1-13(20)18-7-9-19(10-8-18)15(21)12-17-5-3-14(4-6-17)11-16-2;/h14,16H,3-12H2,1-2H3;1H. The minimum atomic E-state index is 0. The molecule has 2 rings (SSSR count). The maximum atomic E-state index is 12.3. The lowest BCUT2D eigenvalue weighted by Gasteiger charge is -2.36. The van der Waals surface area contributed by atoms with Crippen LogP contribution in [-0.2, 0) is 9.59 Å². The number of piperazine rings is 1. The van der Waals surface area contributed by atoms with E-state index < -0.39 is 0 Å². The van der Waals surface area contributed by atoms with Crippen molar-refractivity contribution in [2.45, 2.75) is 19.8 Å². The maximum Gasteiger partial charge on any atom is 0.236 e. The molecule has 2 aliphatic rings. The maximum absolute atomic E-state index is 12.3. The van der Waals surface area contributed by atoms with Crippen molar-refractivity contribution in [2.24, 2.45) is 5.92 Å². The van der Waals surface area contributed by atoms with Crippen LogP contribution in [-0.4, -0.2) is 85.9 Å². The molecule has 22 heavy (non-hydrogen) atoms. The van der Waals surface area contributed by atoms with Crippen LogP contribution in [0, 0.1) is 5.92 Å². The second-order valence-electron chi connectivity index (χ2n) is 6.16. The van der Waals surface area contributed by atoms with Gasteiger partial charge in [-0.2, -0.15) is 0 Å². The van der Waals surface area contributed by atoms with Crippen molar-refractivity contribution in [3.63, 3.8) is 0 Å². The molecular weight excluding hydrogens is 304 g/mol. The van der Waals surface area contributed by atoms with Crippen molar-refractivity contribution >= 4 is 24.2 Å². The molecule has 2 aliphatic heterocycles. The lowest BCUT2D eigenvalue weighted by molar-refractivity contribution is -0.139. The Morgan fingerprint density at radius 3 is 2.05 bits per heavy atom. The molecule has 6 nitrogen and oxygen atoms in total. The predicted octanol–water partition coefficient (Wildman–Crippen LogP) is 0.0303. The number of amides is 2. The molecule has 2 amide bonds. The molecule has 0 aromatic rings. The van der Waals surface area contributed by atoms with E-state index in [0.29, 0.717) is 32.7 Å². The molecule has 128 valence electrons. The van der Waals surface area contributed by atoms with E-state index in [2.05, 4.69) is 10.2 Å². The molecule has 0 radical (unpaired) electrons. The fourth-order valence-corrected chi connectivity index (χ4v) is 3.20. The van der Waals surface area contributed by atoms with Gasteiger partial charge in [0, 0.05) is 33.1 Å². The van der Waals surface area contributed by atoms with Crippen LogP contribution in [0.2, 0.25) is 0 Å². The monoisotopic (exact) mass is 332 g/mol. The van der Waals surface area contributed by atoms with Crippen LogP contribution in [0.4, 0.5) is 0 Å². The largest absolute Gasteiger partial charge is 0.339 e. The number of halogens is 1. The lowest BCUT2D eigenvalue weighted by atomic mass is 9.97. The average molecular weight is 333 g/mol. The Morgan fingerprint density at radius 2 is 1.55 bits per heavy atom. The predicted molar refractivity (Wildman–Crippen MR) is 89.2 cm³/mol. The molecule has 2 heterocycles. The molecular formula is C15H29ClN4O2. The highest BCUT2D eigenvalue weighted by Gasteiger charge is 2.25. The number of nitrogens with one attached hydrogen (secondary N) is 1. The Hall–Kier alpha value is -0.850. The molecule has 1 N–H and O–H groups in total. The van der Waals surface area contributed by atoms with Crippen molar-refractivity contribution in [2.75, 3.05) is 59.4 Å². The SMILES string of the molecule is CNCC1CCN(CC(=O)N2CCN(C(C)=O)CC2)CC1.Cl. The number of nitrogens with zero attached hydrogens (tertiary/aromatic N) is 3. The Morgan fingerprint density at radius 1 is 1.00 bits per heavy atom. The third kappa shape index (κ3) is 5.41. The molecule has 0 aromatic heterocycles. The Bertz CT molecular complexity index is 365. The van der Waals surface area contributed by atoms with Gasteiger partial charge in [-0.3, -0.25) is 14.5 Å². The molecule has 0 spiro atoms. The summed E-state index contributed by atoms with van der Waals surface area (Å²) in [6.45, 7) is 7.94. The Kier molecular flexibility index (Phi) is 8.14. The van der Waals surface area contributed by atoms with E-state index in [1.54, 1.807) is 6.92 Å². The normalized spacial score (nSPS) is 20.6. The average Bonchev–Trinajstić information content (AvgIpc) is 2.49. The number of hydrogen-bond donors (Lipinski definition) is 1. The molecule has 0 unspecified atom stereocenters. The highest BCUT2D eigenvalue weighted by molar-refractivity contribution is 5.85. The van der Waals surface area contributed by atoms with Gasteiger partial charge in [-0.1, -0.05) is 0 Å². The second kappa shape index (κ2) is 9.33. The van der Waals surface area contributed by atoms with Gasteiger partial charge in [0.15, 0.2) is 0 Å². The van der Waals surface area contributed by atoms with Crippen molar-refractivity contribution in [1.29, 1.82) is 0 Å². The first-order valence-corrected chi connectivity index (χ1v) is 8.00. The first kappa shape index (κ1) is 19.2. The molecule has 0 saturated carbocycles. The number of hydrogen-bond acceptors (Lipinski definition) is 4. The topological polar surface area (TPSA) is 55.9 Å². The van der Waals surface area contributed by atoms with Gasteiger partial charge in [-0.05, 0) is 45.4 Å². The summed E-state index contributed by atoms with van der Waals surface area (Å²) >= 11 is 0. The van der Waals surface area contributed by atoms with E-state index in [0.717, 1.165) is 25.6 Å². The quantitative estimate of drug-likeness (QED) is 0.789. The van der Waals surface area contributed by atoms with E-state index in [-0.39, 0.29) is 24.2 Å². The molecule has 7 heteroatoms. The van der Waals surface area contributed by atoms with Crippen molar-refractivity contribution in [3.05, 3.63) is 0 Å². The van der Waals surface area contributed by atoms with E-state index in [4.69, 9.17) is 0 Å². The first-order chi connectivity index (χ1) is 10.1. The highest BCUT2D eigenvalue weighted by Crippen LogP contribution is 2.16. The zero-order chi connectivity index (χ0) is 15.2. The van der Waals surface area contributed by atoms with Crippen LogP contribution < -0.4 is 5.32 Å². The Balaban J connectivity index is 0.00000242. The summed E-state index contributed by atoms with van der Waals surface area (Å²) in [6.07, 6.45) is 2.35. The van der Waals surface area contributed by atoms with Gasteiger partial charge in [0.25, 0.3) is 0 Å². The summed E-state index contributed by atoms with van der Waals surface area (Å²) in [7, 11) is 2.00. The number of piperidine rings is 1. The molecule has 2 saturated heterocycles. The summed E-state index contributed by atoms with van der Waals surface area (Å²) in [4.78, 5) is 29.6. The first-order valence-electron chi connectivity index (χ1n) is 8.00. The van der Waals surface area contributed by atoms with Gasteiger partial charge < -0.3 is 15.1 Å². The van der Waals surface area contributed by atoms with Crippen LogP contribution in [0.15, 0.2) is 0 Å². The highest BCUT2D eigenvalue weighted by atomic mass is 35.5. The van der Waals surface area contributed by atoms with Gasteiger partial charge in [0.2, 0.25) is 11.8 Å². The minimum Gasteiger partial charge on any atom is -0.339 e. The van der Waals surface area contributed by atoms with Crippen LogP contribution in [0.5, 0.6) is 0 Å². The van der Waals surface area contributed by atoms with Gasteiger partial charge in [0.05, 0.1) is 6.54 Å². The van der Waals surface area contributed by atoms with Crippen LogP contribution in [0.1, 0.15) is 19.8 Å². The fraction of sp³-hybridized carbons (Fsp3) is 0.867. The van der Waals surface area contributed by atoms with E-state index >= 15 is 0 Å². The van der Waals surface area contributed by atoms with Gasteiger partial charge in [-0.25, -0.2) is 0 Å². The van der Waals surface area contributed by atoms with E-state index in [1.165, 1.54) is 12.8 Å². The number of likely N-dealkylation sites (tertiary alicyclic amines) is 1. The summed E-state index contributed by atoms with van der Waals surface area (Å²) in [5, 5.41) is 3.23. The van der Waals surface area contributed by atoms with E-state index in [9.17, 15) is 9.59 Å². The molecule has 0 aliphatic carbocycles. The summed E-state index contributed by atoms with van der Waals surface area (Å²) in [5.41, 5.74) is 0. The van der Waals surface area contributed by atoms with Gasteiger partial charge >= 0.3 is 0 Å². The van der Waals surface area contributed by atoms with Gasteiger partial charge in [0.1, 0.15) is 0 Å². The molecule has 0 bridgehead atoms. The second-order valence-corrected chi connectivity index (χ2v) is 6.16. The van der Waals surface area contributed by atoms with Crippen molar-refractivity contribution < 1.29 is 9.59 Å². The van der Waals surface area contributed by atoms with Crippen molar-refractivity contribution in [3.8, 4) is 0 Å². The van der Waals surface area contributed by atoms with Crippen LogP contribution in [0.3, 0.4) is 0 Å². The Labute approximate surface area is 139 Å². The van der Waals surface area contributed by atoms with Crippen molar-refractivity contribution in [1.82, 2.24) is 20.0 Å². The summed E-state index contributed by atoms with van der Waals surface area (Å²) < 4.78 is 0. The lowest BCUT2D eigenvalue weighted by Crippen LogP contribution is -2.52. The minimum absolute atomic E-state index is 0. The van der Waals surface area contributed by atoms with Gasteiger partial charge in [-0.15, -0.1) is 12.4 Å². The third-order valence-electron chi connectivity index (χ3n) is 4.64. The number of carbonyl (C=O) groups is 2. The number of carbonyl (C=O) groups excluding carboxylic acids is 2. The summed E-state index contributed by atoms with van der Waals surface area (Å²) in [6, 6.07) is 0. The summed E-state index contributed by atoms with van der Waals surface area (Å²) in [5.74, 6) is 1.07. The molecule has 0 aromatic carbocycles. The third-order valence-corrected chi connectivity index (χ3v) is 4.64. The zero-order valence-electron chi connectivity index (χ0n) is 13.7. The smallest absolute Gasteiger partial charge is 0.236 e. The molecule has 2 fully saturated rings. The van der Waals surface area contributed by atoms with Crippen LogP contribution in [0.25, 0.3) is 0 Å². The zero-order valence-corrected chi connectivity index (χ0v) is 14.5. The van der Waals surface area contributed by atoms with E-state index in [1.807, 2.05) is 16.8 Å². The van der Waals surface area contributed by atoms with Crippen LogP contribution >= 0.6 is 12.4 Å².